The first-order valence-corrected chi connectivity index (χ1v) is 4.66. The van der Waals surface area contributed by atoms with Crippen molar-refractivity contribution in [3.8, 4) is 0 Å². The van der Waals surface area contributed by atoms with Crippen LogP contribution in [0, 0.1) is 5.92 Å². The van der Waals surface area contributed by atoms with Crippen LogP contribution in [0.25, 0.3) is 0 Å². The number of rotatable bonds is 4. The Kier molecular flexibility index (Phi) is 10.7. The van der Waals surface area contributed by atoms with Crippen LogP contribution in [0.3, 0.4) is 0 Å². The zero-order chi connectivity index (χ0) is 11.8. The van der Waals surface area contributed by atoms with E-state index in [9.17, 15) is 14.4 Å². The van der Waals surface area contributed by atoms with E-state index in [1.54, 1.807) is 13.8 Å². The number of nitrogens with one attached hydrogen (secondary N) is 1. The SMILES string of the molecule is CCOC(=O)C(CC)C(=O)ONC(C)=O.[NaH]. The van der Waals surface area contributed by atoms with Crippen molar-refractivity contribution in [2.24, 2.45) is 5.92 Å². The Bertz CT molecular complexity index is 256. The number of hydrogen-bond acceptors (Lipinski definition) is 5. The number of carbonyl (C=O) groups is 3. The third-order valence-electron chi connectivity index (χ3n) is 1.56. The molecule has 0 aliphatic carbocycles. The van der Waals surface area contributed by atoms with Gasteiger partial charge in [-0.25, -0.2) is 4.79 Å². The first-order valence-electron chi connectivity index (χ1n) is 4.66. The molecular weight excluding hydrogens is 225 g/mol. The van der Waals surface area contributed by atoms with E-state index in [-0.39, 0.29) is 42.6 Å². The molecule has 0 aromatic carbocycles. The summed E-state index contributed by atoms with van der Waals surface area (Å²) in [6.07, 6.45) is 0.261. The summed E-state index contributed by atoms with van der Waals surface area (Å²) in [6, 6.07) is 0. The molecule has 16 heavy (non-hydrogen) atoms. The molecule has 0 aliphatic rings. The Morgan fingerprint density at radius 1 is 1.19 bits per heavy atom. The fourth-order valence-corrected chi connectivity index (χ4v) is 0.866. The van der Waals surface area contributed by atoms with E-state index in [1.807, 2.05) is 5.48 Å². The van der Waals surface area contributed by atoms with Crippen molar-refractivity contribution in [2.75, 3.05) is 6.61 Å². The van der Waals surface area contributed by atoms with Gasteiger partial charge in [-0.05, 0) is 13.3 Å². The molecule has 1 N–H and O–H groups in total. The third kappa shape index (κ3) is 6.81. The normalized spacial score (nSPS) is 10.7. The molecule has 0 rings (SSSR count). The van der Waals surface area contributed by atoms with Crippen LogP contribution >= 0.6 is 0 Å². The average molecular weight is 241 g/mol. The van der Waals surface area contributed by atoms with Gasteiger partial charge in [0.25, 0.3) is 0 Å². The van der Waals surface area contributed by atoms with E-state index in [4.69, 9.17) is 0 Å². The van der Waals surface area contributed by atoms with Gasteiger partial charge in [0.05, 0.1) is 6.61 Å². The third-order valence-corrected chi connectivity index (χ3v) is 1.56. The molecule has 1 unspecified atom stereocenters. The van der Waals surface area contributed by atoms with Gasteiger partial charge in [-0.15, -0.1) is 0 Å². The second kappa shape index (κ2) is 9.62. The maximum absolute atomic E-state index is 11.3. The summed E-state index contributed by atoms with van der Waals surface area (Å²) in [5.74, 6) is -2.96. The van der Waals surface area contributed by atoms with Crippen molar-refractivity contribution >= 4 is 47.4 Å². The van der Waals surface area contributed by atoms with Crippen LogP contribution in [0.1, 0.15) is 27.2 Å². The fourth-order valence-electron chi connectivity index (χ4n) is 0.866. The predicted octanol–water partition coefficient (Wildman–Crippen LogP) is -0.479. The van der Waals surface area contributed by atoms with Gasteiger partial charge in [-0.2, -0.15) is 5.48 Å². The summed E-state index contributed by atoms with van der Waals surface area (Å²) in [5.41, 5.74) is 1.86. The zero-order valence-corrected chi connectivity index (χ0v) is 9.03. The van der Waals surface area contributed by atoms with E-state index in [1.165, 1.54) is 6.92 Å². The van der Waals surface area contributed by atoms with Crippen LogP contribution in [-0.2, 0) is 24.0 Å². The minimum absolute atomic E-state index is 0. The Balaban J connectivity index is 0. The molecule has 0 radical (unpaired) electrons. The average Bonchev–Trinajstić information content (AvgIpc) is 2.16. The van der Waals surface area contributed by atoms with Crippen LogP contribution in [0.4, 0.5) is 0 Å². The van der Waals surface area contributed by atoms with Crippen molar-refractivity contribution in [1.29, 1.82) is 0 Å². The Morgan fingerprint density at radius 2 is 1.75 bits per heavy atom. The maximum atomic E-state index is 11.3. The molecule has 1 amide bonds. The van der Waals surface area contributed by atoms with E-state index in [0.717, 1.165) is 0 Å². The van der Waals surface area contributed by atoms with Gasteiger partial charge in [-0.1, -0.05) is 6.92 Å². The number of hydroxylamine groups is 1. The second-order valence-electron chi connectivity index (χ2n) is 2.79. The van der Waals surface area contributed by atoms with Gasteiger partial charge in [0.2, 0.25) is 5.91 Å². The Labute approximate surface area is 116 Å². The van der Waals surface area contributed by atoms with Gasteiger partial charge in [-0.3, -0.25) is 9.59 Å². The van der Waals surface area contributed by atoms with Gasteiger partial charge in [0.15, 0.2) is 5.92 Å². The molecule has 0 bridgehead atoms. The second-order valence-corrected chi connectivity index (χ2v) is 2.79. The van der Waals surface area contributed by atoms with E-state index in [0.29, 0.717) is 0 Å². The van der Waals surface area contributed by atoms with E-state index in [2.05, 4.69) is 9.57 Å². The summed E-state index contributed by atoms with van der Waals surface area (Å²) in [7, 11) is 0. The first kappa shape index (κ1) is 17.8. The van der Waals surface area contributed by atoms with Crippen molar-refractivity contribution < 1.29 is 24.0 Å². The molecule has 0 fully saturated rings. The summed E-state index contributed by atoms with van der Waals surface area (Å²) in [4.78, 5) is 37.3. The molecular formula is C9H16NNaO5. The Hall–Kier alpha value is -0.590. The topological polar surface area (TPSA) is 81.7 Å². The van der Waals surface area contributed by atoms with Crippen LogP contribution in [0.15, 0.2) is 0 Å². The predicted molar refractivity (Wildman–Crippen MR) is 57.5 cm³/mol. The van der Waals surface area contributed by atoms with Crippen LogP contribution in [0.2, 0.25) is 0 Å². The minimum atomic E-state index is -0.989. The Morgan fingerprint density at radius 3 is 2.12 bits per heavy atom. The monoisotopic (exact) mass is 241 g/mol. The number of ether oxygens (including phenoxy) is 1. The number of hydrogen-bond donors (Lipinski definition) is 1. The van der Waals surface area contributed by atoms with Crippen molar-refractivity contribution in [2.45, 2.75) is 27.2 Å². The standard InChI is InChI=1S/C9H15NO5.Na.H/c1-4-7(8(12)14-5-2)9(13)15-10-6(3)11;;/h7H,4-5H2,1-3H3,(H,10,11);;. The summed E-state index contributed by atoms with van der Waals surface area (Å²) >= 11 is 0. The first-order chi connectivity index (χ1) is 7.02. The van der Waals surface area contributed by atoms with Gasteiger partial charge in [0.1, 0.15) is 0 Å². The van der Waals surface area contributed by atoms with Crippen molar-refractivity contribution in [3.05, 3.63) is 0 Å². The summed E-state index contributed by atoms with van der Waals surface area (Å²) < 4.78 is 4.67. The number of esters is 1. The molecule has 6 nitrogen and oxygen atoms in total. The molecule has 0 spiro atoms. The molecule has 1 atom stereocenters. The molecule has 0 heterocycles. The fraction of sp³-hybridized carbons (Fsp3) is 0.667. The number of amides is 1. The molecule has 7 heteroatoms. The van der Waals surface area contributed by atoms with Crippen LogP contribution < -0.4 is 5.48 Å². The van der Waals surface area contributed by atoms with Crippen LogP contribution in [-0.4, -0.2) is 54.0 Å². The quantitative estimate of drug-likeness (QED) is 0.311. The molecule has 88 valence electrons. The summed E-state index contributed by atoms with van der Waals surface area (Å²) in [6.45, 7) is 4.68. The van der Waals surface area contributed by atoms with Gasteiger partial charge < -0.3 is 9.57 Å². The molecule has 0 aromatic rings. The van der Waals surface area contributed by atoms with Gasteiger partial charge in [0, 0.05) is 6.92 Å². The summed E-state index contributed by atoms with van der Waals surface area (Å²) in [5, 5.41) is 0. The molecule has 0 saturated heterocycles. The van der Waals surface area contributed by atoms with Crippen molar-refractivity contribution in [3.63, 3.8) is 0 Å². The molecule has 0 aliphatic heterocycles. The van der Waals surface area contributed by atoms with E-state index < -0.39 is 23.8 Å². The molecule has 0 saturated carbocycles. The van der Waals surface area contributed by atoms with Crippen molar-refractivity contribution in [1.82, 2.24) is 5.48 Å². The zero-order valence-electron chi connectivity index (χ0n) is 9.03. The van der Waals surface area contributed by atoms with E-state index >= 15 is 0 Å². The number of carbonyl (C=O) groups excluding carboxylic acids is 3. The van der Waals surface area contributed by atoms with Crippen LogP contribution in [0.5, 0.6) is 0 Å². The van der Waals surface area contributed by atoms with Gasteiger partial charge >= 0.3 is 41.5 Å². The molecule has 0 aromatic heterocycles.